The molecule has 7 nitrogen and oxygen atoms in total. The Morgan fingerprint density at radius 3 is 1.84 bits per heavy atom. The third-order valence-electron chi connectivity index (χ3n) is 5.99. The third-order valence-corrected chi connectivity index (χ3v) is 6.85. The molecule has 2 aliphatic heterocycles. The maximum Gasteiger partial charge on any atom is 0.490 e. The topological polar surface area (TPSA) is 94.0 Å². The van der Waals surface area contributed by atoms with Gasteiger partial charge in [-0.15, -0.1) is 11.3 Å². The van der Waals surface area contributed by atoms with Gasteiger partial charge in [-0.3, -0.25) is 14.8 Å². The van der Waals surface area contributed by atoms with E-state index in [1.807, 2.05) is 23.6 Å². The summed E-state index contributed by atoms with van der Waals surface area (Å²) in [5.74, 6) is -5.51. The number of carboxylic acids is 2. The second-order valence-electron chi connectivity index (χ2n) is 8.74. The van der Waals surface area contributed by atoms with Crippen molar-refractivity contribution < 1.29 is 46.1 Å². The number of thiophene rings is 1. The van der Waals surface area contributed by atoms with Crippen LogP contribution in [0.15, 0.2) is 41.9 Å². The fraction of sp³-hybridized carbons (Fsp3) is 0.522. The molecule has 2 N–H and O–H groups in total. The van der Waals surface area contributed by atoms with Gasteiger partial charge in [-0.25, -0.2) is 9.59 Å². The highest BCUT2D eigenvalue weighted by Gasteiger charge is 2.40. The molecule has 2 fully saturated rings. The number of carbonyl (C=O) groups is 2. The second-order valence-corrected chi connectivity index (χ2v) is 9.78. The van der Waals surface area contributed by atoms with E-state index in [1.54, 1.807) is 0 Å². The Morgan fingerprint density at radius 2 is 1.41 bits per heavy atom. The van der Waals surface area contributed by atoms with Gasteiger partial charge in [0, 0.05) is 30.7 Å². The number of likely N-dealkylation sites (tertiary alicyclic amines) is 2. The van der Waals surface area contributed by atoms with Crippen molar-refractivity contribution in [1.29, 1.82) is 0 Å². The minimum atomic E-state index is -5.08. The molecular weight excluding hydrogens is 528 g/mol. The molecule has 4 rings (SSSR count). The summed E-state index contributed by atoms with van der Waals surface area (Å²) in [6.45, 7) is 7.18. The summed E-state index contributed by atoms with van der Waals surface area (Å²) in [6.07, 6.45) is -4.18. The molecule has 0 amide bonds. The van der Waals surface area contributed by atoms with Crippen LogP contribution in [0.2, 0.25) is 0 Å². The number of rotatable bonds is 4. The Balaban J connectivity index is 0.000000286. The van der Waals surface area contributed by atoms with Gasteiger partial charge in [0.15, 0.2) is 0 Å². The first kappa shape index (κ1) is 30.5. The number of piperidine rings is 1. The van der Waals surface area contributed by atoms with Crippen molar-refractivity contribution in [3.05, 3.63) is 52.5 Å². The second kappa shape index (κ2) is 13.2. The molecule has 2 aliphatic rings. The number of pyridine rings is 1. The van der Waals surface area contributed by atoms with Crippen LogP contribution in [0.3, 0.4) is 0 Å². The molecule has 2 aromatic rings. The Bertz CT molecular complexity index is 955. The zero-order valence-corrected chi connectivity index (χ0v) is 20.5. The number of alkyl halides is 6. The summed E-state index contributed by atoms with van der Waals surface area (Å²) in [6, 6.07) is 10.7. The highest BCUT2D eigenvalue weighted by Crippen LogP contribution is 2.41. The minimum Gasteiger partial charge on any atom is -0.475 e. The van der Waals surface area contributed by atoms with Gasteiger partial charge in [-0.05, 0) is 67.9 Å². The van der Waals surface area contributed by atoms with E-state index in [4.69, 9.17) is 19.8 Å². The summed E-state index contributed by atoms with van der Waals surface area (Å²) in [7, 11) is 0. The number of nitrogens with zero attached hydrogens (tertiary/aromatic N) is 3. The van der Waals surface area contributed by atoms with Gasteiger partial charge in [-0.1, -0.05) is 12.1 Å². The molecule has 2 saturated heterocycles. The largest absolute Gasteiger partial charge is 0.490 e. The fourth-order valence-corrected chi connectivity index (χ4v) is 4.85. The Kier molecular flexibility index (Phi) is 10.9. The van der Waals surface area contributed by atoms with E-state index >= 15 is 0 Å². The number of hydrogen-bond donors (Lipinski definition) is 2. The summed E-state index contributed by atoms with van der Waals surface area (Å²) < 4.78 is 63.5. The Labute approximate surface area is 213 Å². The van der Waals surface area contributed by atoms with Gasteiger partial charge in [-0.2, -0.15) is 26.3 Å². The van der Waals surface area contributed by atoms with Crippen LogP contribution in [0.5, 0.6) is 0 Å². The van der Waals surface area contributed by atoms with Crippen LogP contribution in [0.4, 0.5) is 26.3 Å². The van der Waals surface area contributed by atoms with Crippen LogP contribution in [0, 0.1) is 5.41 Å². The average Bonchev–Trinajstić information content (AvgIpc) is 3.46. The number of aromatic nitrogens is 1. The fourth-order valence-electron chi connectivity index (χ4n) is 4.10. The number of halogens is 6. The van der Waals surface area contributed by atoms with Gasteiger partial charge in [0.1, 0.15) is 0 Å². The van der Waals surface area contributed by atoms with Crippen molar-refractivity contribution >= 4 is 23.3 Å². The molecule has 14 heteroatoms. The lowest BCUT2D eigenvalue weighted by Gasteiger charge is -2.39. The van der Waals surface area contributed by atoms with Crippen molar-refractivity contribution in [3.63, 3.8) is 0 Å². The molecule has 0 atom stereocenters. The monoisotopic (exact) mass is 555 g/mol. The average molecular weight is 556 g/mol. The molecule has 0 aromatic carbocycles. The maximum absolute atomic E-state index is 10.6. The van der Waals surface area contributed by atoms with Crippen LogP contribution in [-0.4, -0.2) is 75.5 Å². The normalized spacial score (nSPS) is 17.9. The van der Waals surface area contributed by atoms with Crippen LogP contribution in [0.25, 0.3) is 0 Å². The Hall–Kier alpha value is -2.71. The van der Waals surface area contributed by atoms with E-state index < -0.39 is 24.3 Å². The van der Waals surface area contributed by atoms with Gasteiger partial charge in [0.25, 0.3) is 0 Å². The molecule has 1 spiro atoms. The van der Waals surface area contributed by atoms with E-state index in [-0.39, 0.29) is 0 Å². The summed E-state index contributed by atoms with van der Waals surface area (Å²) >= 11 is 1.89. The lowest BCUT2D eigenvalue weighted by molar-refractivity contribution is -0.193. The maximum atomic E-state index is 10.6. The Morgan fingerprint density at radius 1 is 0.865 bits per heavy atom. The zero-order valence-electron chi connectivity index (χ0n) is 19.6. The van der Waals surface area contributed by atoms with E-state index in [0.717, 1.165) is 13.1 Å². The van der Waals surface area contributed by atoms with Crippen LogP contribution < -0.4 is 0 Å². The van der Waals surface area contributed by atoms with Crippen molar-refractivity contribution in [1.82, 2.24) is 14.8 Å². The lowest BCUT2D eigenvalue weighted by atomic mass is 9.78. The standard InChI is InChI=1S/C19H25N3S.2C2HF3O2/c1-2-9-20-17(4-1)14-21-10-6-19(7-11-21)8-12-22(16-19)15-18-5-3-13-23-18;2*3-2(4,5)1(6)7/h1-5,9,13H,6-8,10-12,14-16H2;2*(H,6,7). The smallest absolute Gasteiger partial charge is 0.475 e. The van der Waals surface area contributed by atoms with Crippen LogP contribution in [-0.2, 0) is 22.7 Å². The minimum absolute atomic E-state index is 0.581. The van der Waals surface area contributed by atoms with Crippen molar-refractivity contribution in [3.8, 4) is 0 Å². The molecule has 4 heterocycles. The molecule has 0 aliphatic carbocycles. The molecule has 0 bridgehead atoms. The van der Waals surface area contributed by atoms with E-state index in [0.29, 0.717) is 5.41 Å². The van der Waals surface area contributed by atoms with E-state index in [2.05, 4.69) is 44.4 Å². The highest BCUT2D eigenvalue weighted by molar-refractivity contribution is 7.09. The van der Waals surface area contributed by atoms with Gasteiger partial charge in [0.2, 0.25) is 0 Å². The lowest BCUT2D eigenvalue weighted by Crippen LogP contribution is -2.41. The predicted molar refractivity (Wildman–Crippen MR) is 123 cm³/mol. The third kappa shape index (κ3) is 10.7. The molecule has 2 aromatic heterocycles. The summed E-state index contributed by atoms with van der Waals surface area (Å²) in [5, 5.41) is 16.4. The SMILES string of the molecule is O=C(O)C(F)(F)F.O=C(O)C(F)(F)F.c1ccc(CN2CCC3(CC2)CCN(Cc2cccs2)C3)nc1. The quantitative estimate of drug-likeness (QED) is 0.519. The van der Waals surface area contributed by atoms with Gasteiger partial charge < -0.3 is 10.2 Å². The summed E-state index contributed by atoms with van der Waals surface area (Å²) in [4.78, 5) is 29.0. The van der Waals surface area contributed by atoms with Gasteiger partial charge in [0.05, 0.1) is 5.69 Å². The molecule has 0 saturated carbocycles. The van der Waals surface area contributed by atoms with Crippen molar-refractivity contribution in [2.75, 3.05) is 26.2 Å². The van der Waals surface area contributed by atoms with E-state index in [9.17, 15) is 26.3 Å². The number of aliphatic carboxylic acids is 2. The molecule has 0 unspecified atom stereocenters. The zero-order chi connectivity index (χ0) is 27.7. The van der Waals surface area contributed by atoms with Crippen molar-refractivity contribution in [2.45, 2.75) is 44.7 Å². The van der Waals surface area contributed by atoms with E-state index in [1.165, 1.54) is 56.0 Å². The first-order valence-corrected chi connectivity index (χ1v) is 12.1. The highest BCUT2D eigenvalue weighted by atomic mass is 32.1. The first-order valence-electron chi connectivity index (χ1n) is 11.2. The molecule has 206 valence electrons. The first-order chi connectivity index (χ1) is 17.2. The molecule has 37 heavy (non-hydrogen) atoms. The van der Waals surface area contributed by atoms with Gasteiger partial charge >= 0.3 is 24.3 Å². The summed E-state index contributed by atoms with van der Waals surface area (Å²) in [5.41, 5.74) is 1.78. The molecular formula is C23H27F6N3O4S. The van der Waals surface area contributed by atoms with Crippen LogP contribution >= 0.6 is 11.3 Å². The predicted octanol–water partition coefficient (Wildman–Crippen LogP) is 4.90. The number of hydrogen-bond acceptors (Lipinski definition) is 6. The van der Waals surface area contributed by atoms with Crippen molar-refractivity contribution in [2.24, 2.45) is 5.41 Å². The van der Waals surface area contributed by atoms with Crippen LogP contribution in [0.1, 0.15) is 29.8 Å². The number of carboxylic acid groups (broad SMARTS) is 2. The molecule has 0 radical (unpaired) electrons.